The van der Waals surface area contributed by atoms with Crippen LogP contribution in [-0.2, 0) is 11.3 Å². The predicted octanol–water partition coefficient (Wildman–Crippen LogP) is 2.92. The fraction of sp³-hybridized carbons (Fsp3) is 0.143. The number of nitrogens with zero attached hydrogens (tertiary/aromatic N) is 3. The van der Waals surface area contributed by atoms with Crippen LogP contribution in [0.15, 0.2) is 70.5 Å². The Bertz CT molecular complexity index is 1230. The molecule has 29 heavy (non-hydrogen) atoms. The van der Waals surface area contributed by atoms with Gasteiger partial charge in [0, 0.05) is 17.8 Å². The Kier molecular flexibility index (Phi) is 5.07. The Morgan fingerprint density at radius 2 is 2.03 bits per heavy atom. The zero-order chi connectivity index (χ0) is 20.2. The second kappa shape index (κ2) is 7.97. The highest BCUT2D eigenvalue weighted by Gasteiger charge is 2.18. The number of H-pyrrole nitrogens is 1. The van der Waals surface area contributed by atoms with Crippen LogP contribution in [0, 0.1) is 0 Å². The maximum absolute atomic E-state index is 12.8. The number of carbonyl (C=O) groups excluding carboxylic acids is 2. The molecule has 8 heteroatoms. The van der Waals surface area contributed by atoms with Crippen LogP contribution in [0.4, 0.5) is 0 Å². The van der Waals surface area contributed by atoms with Gasteiger partial charge in [0.25, 0.3) is 5.91 Å². The predicted molar refractivity (Wildman–Crippen MR) is 104 cm³/mol. The van der Waals surface area contributed by atoms with Gasteiger partial charge in [0.05, 0.1) is 18.7 Å². The molecule has 3 heterocycles. The molecule has 0 fully saturated rings. The van der Waals surface area contributed by atoms with E-state index >= 15 is 0 Å². The summed E-state index contributed by atoms with van der Waals surface area (Å²) in [6.45, 7) is 2.25. The number of pyridine rings is 1. The number of amides is 1. The molecule has 1 amide bonds. The minimum atomic E-state index is -0.544. The summed E-state index contributed by atoms with van der Waals surface area (Å²) in [5, 5.41) is 0.660. The summed E-state index contributed by atoms with van der Waals surface area (Å²) in [6.07, 6.45) is 4.44. The van der Waals surface area contributed by atoms with Gasteiger partial charge in [-0.3, -0.25) is 9.36 Å². The highest BCUT2D eigenvalue weighted by molar-refractivity contribution is 6.06. The average molecular weight is 390 g/mol. The van der Waals surface area contributed by atoms with Crippen molar-refractivity contribution in [2.45, 2.75) is 13.5 Å². The monoisotopic (exact) mass is 390 g/mol. The molecule has 4 aromatic rings. The Morgan fingerprint density at radius 3 is 2.83 bits per heavy atom. The third-order valence-corrected chi connectivity index (χ3v) is 4.34. The Hall–Kier alpha value is -3.94. The second-order valence-electron chi connectivity index (χ2n) is 6.21. The van der Waals surface area contributed by atoms with Crippen molar-refractivity contribution in [2.24, 2.45) is 4.99 Å². The van der Waals surface area contributed by atoms with E-state index in [0.717, 1.165) is 5.56 Å². The van der Waals surface area contributed by atoms with Gasteiger partial charge in [-0.2, -0.15) is 4.99 Å². The van der Waals surface area contributed by atoms with Crippen LogP contribution in [0.25, 0.3) is 11.0 Å². The van der Waals surface area contributed by atoms with Crippen LogP contribution >= 0.6 is 0 Å². The zero-order valence-electron chi connectivity index (χ0n) is 15.7. The molecule has 0 bridgehead atoms. The van der Waals surface area contributed by atoms with E-state index in [2.05, 4.69) is 15.0 Å². The third-order valence-electron chi connectivity index (χ3n) is 4.34. The van der Waals surface area contributed by atoms with Gasteiger partial charge in [0.15, 0.2) is 5.69 Å². The molecule has 1 aromatic carbocycles. The first kappa shape index (κ1) is 18.4. The molecule has 0 saturated carbocycles. The highest BCUT2D eigenvalue weighted by atomic mass is 16.5. The van der Waals surface area contributed by atoms with Gasteiger partial charge in [-0.05, 0) is 24.6 Å². The van der Waals surface area contributed by atoms with Gasteiger partial charge in [0.1, 0.15) is 11.9 Å². The molecule has 0 saturated heterocycles. The number of oxazole rings is 1. The summed E-state index contributed by atoms with van der Waals surface area (Å²) in [6, 6.07) is 13.0. The van der Waals surface area contributed by atoms with Crippen molar-refractivity contribution in [3.05, 3.63) is 83.6 Å². The van der Waals surface area contributed by atoms with E-state index in [1.54, 1.807) is 31.5 Å². The van der Waals surface area contributed by atoms with E-state index in [0.29, 0.717) is 23.1 Å². The van der Waals surface area contributed by atoms with Gasteiger partial charge in [-0.15, -0.1) is 0 Å². The number of hydrogen-bond donors (Lipinski definition) is 1. The summed E-state index contributed by atoms with van der Waals surface area (Å²) in [5.41, 5.74) is 2.08. The lowest BCUT2D eigenvalue weighted by Crippen LogP contribution is -2.24. The summed E-state index contributed by atoms with van der Waals surface area (Å²) in [7, 11) is 0. The first-order chi connectivity index (χ1) is 14.2. The molecular weight excluding hydrogens is 372 g/mol. The van der Waals surface area contributed by atoms with Crippen LogP contribution < -0.4 is 5.68 Å². The van der Waals surface area contributed by atoms with Gasteiger partial charge >= 0.3 is 11.7 Å². The molecule has 1 N–H and O–H groups in total. The number of rotatable bonds is 5. The minimum Gasteiger partial charge on any atom is -0.461 e. The zero-order valence-corrected chi connectivity index (χ0v) is 15.7. The molecule has 0 aliphatic heterocycles. The van der Waals surface area contributed by atoms with E-state index in [1.807, 2.05) is 30.3 Å². The molecule has 146 valence electrons. The topological polar surface area (TPSA) is 102 Å². The second-order valence-corrected chi connectivity index (χ2v) is 6.21. The van der Waals surface area contributed by atoms with Crippen molar-refractivity contribution in [1.82, 2.24) is 14.5 Å². The SMILES string of the molecule is CCOC(=O)c1coc(=NC(=O)c2c[nH]c3ncccc23)n1Cc1ccccc1. The number of esters is 1. The molecule has 8 nitrogen and oxygen atoms in total. The van der Waals surface area contributed by atoms with E-state index in [9.17, 15) is 9.59 Å². The van der Waals surface area contributed by atoms with Crippen molar-refractivity contribution in [3.63, 3.8) is 0 Å². The fourth-order valence-corrected chi connectivity index (χ4v) is 2.99. The van der Waals surface area contributed by atoms with Crippen molar-refractivity contribution in [1.29, 1.82) is 0 Å². The molecule has 0 spiro atoms. The summed E-state index contributed by atoms with van der Waals surface area (Å²) < 4.78 is 12.1. The van der Waals surface area contributed by atoms with Crippen LogP contribution in [0.1, 0.15) is 33.3 Å². The first-order valence-electron chi connectivity index (χ1n) is 9.08. The Balaban J connectivity index is 1.78. The van der Waals surface area contributed by atoms with Crippen LogP contribution in [0.5, 0.6) is 0 Å². The molecule has 0 aliphatic carbocycles. The number of benzene rings is 1. The molecular formula is C21H18N4O4. The van der Waals surface area contributed by atoms with E-state index in [1.165, 1.54) is 10.8 Å². The normalized spacial score (nSPS) is 11.7. The molecule has 3 aromatic heterocycles. The fourth-order valence-electron chi connectivity index (χ4n) is 2.99. The maximum atomic E-state index is 12.8. The number of fused-ring (bicyclic) bond motifs is 1. The van der Waals surface area contributed by atoms with Crippen LogP contribution in [0.2, 0.25) is 0 Å². The largest absolute Gasteiger partial charge is 0.461 e. The lowest BCUT2D eigenvalue weighted by molar-refractivity contribution is 0.0513. The van der Waals surface area contributed by atoms with Crippen molar-refractivity contribution < 1.29 is 18.7 Å². The Morgan fingerprint density at radius 1 is 1.21 bits per heavy atom. The summed E-state index contributed by atoms with van der Waals surface area (Å²) >= 11 is 0. The maximum Gasteiger partial charge on any atom is 0.358 e. The van der Waals surface area contributed by atoms with Crippen molar-refractivity contribution >= 4 is 22.9 Å². The van der Waals surface area contributed by atoms with E-state index in [4.69, 9.17) is 9.15 Å². The highest BCUT2D eigenvalue weighted by Crippen LogP contribution is 2.16. The van der Waals surface area contributed by atoms with Crippen LogP contribution in [-0.4, -0.2) is 33.0 Å². The van der Waals surface area contributed by atoms with E-state index < -0.39 is 11.9 Å². The van der Waals surface area contributed by atoms with E-state index in [-0.39, 0.29) is 18.0 Å². The van der Waals surface area contributed by atoms with Gasteiger partial charge < -0.3 is 14.1 Å². The number of ether oxygens (including phenoxy) is 1. The van der Waals surface area contributed by atoms with Crippen molar-refractivity contribution in [2.75, 3.05) is 6.61 Å². The lowest BCUT2D eigenvalue weighted by atomic mass is 10.2. The number of nitrogens with one attached hydrogen (secondary N) is 1. The van der Waals surface area contributed by atoms with Gasteiger partial charge in [-0.25, -0.2) is 9.78 Å². The minimum absolute atomic E-state index is 0.0140. The molecule has 4 rings (SSSR count). The van der Waals surface area contributed by atoms with Gasteiger partial charge in [-0.1, -0.05) is 30.3 Å². The standard InChI is InChI=1S/C21H18N4O4/c1-2-28-20(27)17-13-29-21(25(17)12-14-7-4-3-5-8-14)24-19(26)16-11-23-18-15(16)9-6-10-22-18/h3-11,13H,2,12H2,1H3,(H,22,23). The molecule has 0 radical (unpaired) electrons. The van der Waals surface area contributed by atoms with Crippen LogP contribution in [0.3, 0.4) is 0 Å². The molecule has 0 atom stereocenters. The van der Waals surface area contributed by atoms with Crippen molar-refractivity contribution in [3.8, 4) is 0 Å². The summed E-state index contributed by atoms with van der Waals surface area (Å²) in [4.78, 5) is 36.3. The molecule has 0 unspecified atom stereocenters. The lowest BCUT2D eigenvalue weighted by Gasteiger charge is -2.06. The summed E-state index contributed by atoms with van der Waals surface area (Å²) in [5.74, 6) is -1.05. The third kappa shape index (κ3) is 3.73. The quantitative estimate of drug-likeness (QED) is 0.528. The number of hydrogen-bond acceptors (Lipinski definition) is 5. The van der Waals surface area contributed by atoms with Gasteiger partial charge in [0.2, 0.25) is 0 Å². The molecule has 0 aliphatic rings. The number of carbonyl (C=O) groups is 2. The Labute approximate surface area is 165 Å². The number of aromatic amines is 1. The number of aromatic nitrogens is 3. The smallest absolute Gasteiger partial charge is 0.358 e. The first-order valence-corrected chi connectivity index (χ1v) is 9.08. The average Bonchev–Trinajstić information content (AvgIpc) is 3.33.